The minimum atomic E-state index is -1.01. The van der Waals surface area contributed by atoms with Crippen LogP contribution in [0.1, 0.15) is 78.2 Å². The second kappa shape index (κ2) is 16.2. The van der Waals surface area contributed by atoms with Crippen molar-refractivity contribution in [3.05, 3.63) is 149 Å². The highest BCUT2D eigenvalue weighted by Crippen LogP contribution is 2.36. The summed E-state index contributed by atoms with van der Waals surface area (Å²) in [5, 5.41) is 7.55. The summed E-state index contributed by atoms with van der Waals surface area (Å²) in [6.45, 7) is 0.384. The van der Waals surface area contributed by atoms with Crippen molar-refractivity contribution < 1.29 is 47.8 Å². The SMILES string of the molecule is O=C1CCC(N2C(=O)c3cccc(OCc4ccc5ccccc5c4)c3C2=O)C(=O)N1.O=C1CCC(N2C(=O)c3cccc(OCc4cnc5ccccc5c4)c3C2=O)C(=O)N1. The quantitative estimate of drug-likeness (QED) is 0.195. The van der Waals surface area contributed by atoms with Crippen molar-refractivity contribution in [3.8, 4) is 11.5 Å². The van der Waals surface area contributed by atoms with Crippen molar-refractivity contribution in [1.29, 1.82) is 0 Å². The molecule has 4 aliphatic rings. The molecule has 15 nitrogen and oxygen atoms in total. The number of para-hydroxylation sites is 1. The Morgan fingerprint density at radius 1 is 0.516 bits per heavy atom. The molecule has 5 aromatic carbocycles. The summed E-state index contributed by atoms with van der Waals surface area (Å²) in [5.41, 5.74) is 3.27. The zero-order valence-corrected chi connectivity index (χ0v) is 32.8. The molecule has 2 N–H and O–H groups in total. The third-order valence-electron chi connectivity index (χ3n) is 11.1. The highest BCUT2D eigenvalue weighted by atomic mass is 16.5. The average molecular weight is 830 g/mol. The van der Waals surface area contributed by atoms with E-state index in [0.717, 1.165) is 42.6 Å². The zero-order valence-electron chi connectivity index (χ0n) is 32.8. The molecular formula is C47H35N5O10. The fraction of sp³-hybridized carbons (Fsp3) is 0.170. The molecule has 8 amide bonds. The van der Waals surface area contributed by atoms with Gasteiger partial charge >= 0.3 is 0 Å². The molecule has 0 spiro atoms. The van der Waals surface area contributed by atoms with Gasteiger partial charge in [-0.1, -0.05) is 66.7 Å². The van der Waals surface area contributed by atoms with Gasteiger partial charge in [0.2, 0.25) is 23.6 Å². The molecule has 0 aliphatic carbocycles. The topological polar surface area (TPSA) is 198 Å². The molecule has 0 saturated carbocycles. The second-order valence-corrected chi connectivity index (χ2v) is 15.0. The van der Waals surface area contributed by atoms with Crippen LogP contribution in [0.3, 0.4) is 0 Å². The van der Waals surface area contributed by atoms with Crippen molar-refractivity contribution >= 4 is 68.9 Å². The summed E-state index contributed by atoms with van der Waals surface area (Å²) in [4.78, 5) is 106. The molecule has 6 aromatic rings. The number of pyridine rings is 1. The molecule has 0 bridgehead atoms. The maximum atomic E-state index is 13.1. The first kappa shape index (κ1) is 39.4. The Hall–Kier alpha value is -8.07. The number of amides is 8. The molecule has 5 heterocycles. The van der Waals surface area contributed by atoms with Crippen molar-refractivity contribution in [2.24, 2.45) is 0 Å². The molecular weight excluding hydrogens is 795 g/mol. The van der Waals surface area contributed by atoms with Gasteiger partial charge in [-0.05, 0) is 71.6 Å². The lowest BCUT2D eigenvalue weighted by Crippen LogP contribution is -2.54. The summed E-state index contributed by atoms with van der Waals surface area (Å²) in [5.74, 6) is -3.83. The zero-order chi connectivity index (χ0) is 43.1. The molecule has 0 radical (unpaired) electrons. The Morgan fingerprint density at radius 2 is 1.02 bits per heavy atom. The number of carbonyl (C=O) groups excluding carboxylic acids is 8. The summed E-state index contributed by atoms with van der Waals surface area (Å²) >= 11 is 0. The number of aromatic nitrogens is 1. The van der Waals surface area contributed by atoms with Crippen LogP contribution >= 0.6 is 0 Å². The third-order valence-corrected chi connectivity index (χ3v) is 11.1. The van der Waals surface area contributed by atoms with E-state index in [4.69, 9.17) is 9.47 Å². The number of rotatable bonds is 8. The van der Waals surface area contributed by atoms with E-state index in [1.54, 1.807) is 36.5 Å². The number of fused-ring (bicyclic) bond motifs is 4. The van der Waals surface area contributed by atoms with Crippen LogP contribution in [0.25, 0.3) is 21.7 Å². The van der Waals surface area contributed by atoms with Crippen LogP contribution in [-0.4, -0.2) is 74.1 Å². The predicted octanol–water partition coefficient (Wildman–Crippen LogP) is 5.04. The lowest BCUT2D eigenvalue weighted by molar-refractivity contribution is -0.137. The van der Waals surface area contributed by atoms with Gasteiger partial charge in [-0.25, -0.2) is 0 Å². The Balaban J connectivity index is 0.000000158. The van der Waals surface area contributed by atoms with Gasteiger partial charge in [-0.15, -0.1) is 0 Å². The minimum absolute atomic E-state index is 0.0716. The monoisotopic (exact) mass is 829 g/mol. The number of nitrogens with zero attached hydrogens (tertiary/aromatic N) is 3. The molecule has 308 valence electrons. The molecule has 2 saturated heterocycles. The summed E-state index contributed by atoms with van der Waals surface area (Å²) in [7, 11) is 0. The molecule has 4 aliphatic heterocycles. The number of hydrogen-bond acceptors (Lipinski definition) is 11. The Kier molecular flexibility index (Phi) is 10.3. The number of carbonyl (C=O) groups is 8. The molecule has 2 atom stereocenters. The van der Waals surface area contributed by atoms with Gasteiger partial charge in [0.25, 0.3) is 23.6 Å². The first-order valence-corrected chi connectivity index (χ1v) is 19.8. The van der Waals surface area contributed by atoms with Gasteiger partial charge in [-0.3, -0.25) is 63.8 Å². The maximum absolute atomic E-state index is 13.1. The Morgan fingerprint density at radius 3 is 1.58 bits per heavy atom. The highest BCUT2D eigenvalue weighted by molar-refractivity contribution is 6.25. The van der Waals surface area contributed by atoms with Crippen molar-refractivity contribution in [3.63, 3.8) is 0 Å². The number of piperidine rings is 2. The van der Waals surface area contributed by atoms with Crippen molar-refractivity contribution in [2.45, 2.75) is 51.0 Å². The summed E-state index contributed by atoms with van der Waals surface area (Å²) in [6, 6.07) is 31.2. The maximum Gasteiger partial charge on any atom is 0.266 e. The van der Waals surface area contributed by atoms with E-state index >= 15 is 0 Å². The molecule has 10 rings (SSSR count). The standard InChI is InChI=1S/C24H18N2O5.C23H17N3O5/c27-20-11-10-18(22(28)25-20)26-23(29)17-6-3-7-19(21(17)24(26)30)31-13-14-8-9-15-4-1-2-5-16(15)12-14;27-19-9-8-17(21(28)25-19)26-22(29)15-5-3-7-18(20(15)23(26)30)31-12-13-10-14-4-1-2-6-16(14)24-11-13/h1-9,12,18H,10-11,13H2,(H,25,27,28);1-7,10-11,17H,8-9,12H2,(H,25,27,28). The summed E-state index contributed by atoms with van der Waals surface area (Å²) in [6.07, 6.45) is 2.07. The van der Waals surface area contributed by atoms with Gasteiger partial charge in [0, 0.05) is 30.0 Å². The van der Waals surface area contributed by atoms with Gasteiger partial charge < -0.3 is 9.47 Å². The number of hydrogen-bond donors (Lipinski definition) is 2. The van der Waals surface area contributed by atoms with Gasteiger partial charge in [0.1, 0.15) is 36.8 Å². The van der Waals surface area contributed by atoms with Crippen molar-refractivity contribution in [1.82, 2.24) is 25.4 Å². The molecule has 1 aromatic heterocycles. The molecule has 62 heavy (non-hydrogen) atoms. The number of nitrogens with one attached hydrogen (secondary N) is 2. The minimum Gasteiger partial charge on any atom is -0.488 e. The van der Waals surface area contributed by atoms with Gasteiger partial charge in [0.15, 0.2) is 0 Å². The van der Waals surface area contributed by atoms with E-state index in [0.29, 0.717) is 5.75 Å². The van der Waals surface area contributed by atoms with Gasteiger partial charge in [0.05, 0.1) is 27.8 Å². The first-order valence-electron chi connectivity index (χ1n) is 19.8. The largest absolute Gasteiger partial charge is 0.488 e. The van der Waals surface area contributed by atoms with Crippen LogP contribution in [0.4, 0.5) is 0 Å². The van der Waals surface area contributed by atoms with Crippen LogP contribution in [0, 0.1) is 0 Å². The van der Waals surface area contributed by atoms with E-state index in [-0.39, 0.29) is 66.9 Å². The smallest absolute Gasteiger partial charge is 0.266 e. The Labute approximate surface area is 352 Å². The highest BCUT2D eigenvalue weighted by Gasteiger charge is 2.47. The van der Waals surface area contributed by atoms with Crippen LogP contribution in [0.2, 0.25) is 0 Å². The van der Waals surface area contributed by atoms with Crippen LogP contribution < -0.4 is 20.1 Å². The van der Waals surface area contributed by atoms with Crippen LogP contribution in [0.15, 0.2) is 115 Å². The fourth-order valence-corrected chi connectivity index (χ4v) is 8.05. The normalized spacial score (nSPS) is 18.3. The first-order chi connectivity index (χ1) is 30.0. The number of benzene rings is 5. The summed E-state index contributed by atoms with van der Waals surface area (Å²) < 4.78 is 11.8. The second-order valence-electron chi connectivity index (χ2n) is 15.0. The van der Waals surface area contributed by atoms with E-state index < -0.39 is 59.3 Å². The molecule has 2 unspecified atom stereocenters. The third kappa shape index (κ3) is 7.29. The van der Waals surface area contributed by atoms with E-state index in [1.165, 1.54) is 6.07 Å². The number of imide groups is 4. The van der Waals surface area contributed by atoms with Gasteiger partial charge in [-0.2, -0.15) is 0 Å². The van der Waals surface area contributed by atoms with Crippen molar-refractivity contribution in [2.75, 3.05) is 0 Å². The molecule has 15 heteroatoms. The van der Waals surface area contributed by atoms with Crippen LogP contribution in [-0.2, 0) is 32.4 Å². The average Bonchev–Trinajstić information content (AvgIpc) is 3.69. The Bertz CT molecular complexity index is 2730. The van der Waals surface area contributed by atoms with E-state index in [9.17, 15) is 38.4 Å². The lowest BCUT2D eigenvalue weighted by Gasteiger charge is -2.27. The van der Waals surface area contributed by atoms with Crippen LogP contribution in [0.5, 0.6) is 11.5 Å². The fourth-order valence-electron chi connectivity index (χ4n) is 8.05. The molecule has 2 fully saturated rings. The number of ether oxygens (including phenoxy) is 2. The lowest BCUT2D eigenvalue weighted by atomic mass is 10.0. The predicted molar refractivity (Wildman–Crippen MR) is 221 cm³/mol. The van der Waals surface area contributed by atoms with E-state index in [2.05, 4.69) is 15.6 Å². The van der Waals surface area contributed by atoms with E-state index in [1.807, 2.05) is 72.8 Å².